The summed E-state index contributed by atoms with van der Waals surface area (Å²) < 4.78 is 5.37. The van der Waals surface area contributed by atoms with E-state index in [-0.39, 0.29) is 23.3 Å². The first-order chi connectivity index (χ1) is 11.1. The fourth-order valence-electron chi connectivity index (χ4n) is 3.02. The minimum atomic E-state index is -0.449. The average Bonchev–Trinajstić information content (AvgIpc) is 3.15. The predicted molar refractivity (Wildman–Crippen MR) is 81.7 cm³/mol. The third-order valence-electron chi connectivity index (χ3n) is 4.41. The van der Waals surface area contributed by atoms with E-state index in [1.54, 1.807) is 12.3 Å². The van der Waals surface area contributed by atoms with Crippen molar-refractivity contribution in [2.24, 2.45) is 0 Å². The molecule has 6 nitrogen and oxygen atoms in total. The predicted octanol–water partition coefficient (Wildman–Crippen LogP) is 1.77. The van der Waals surface area contributed by atoms with E-state index in [1.165, 1.54) is 6.07 Å². The normalized spacial score (nSPS) is 20.2. The first kappa shape index (κ1) is 14.0. The highest BCUT2D eigenvalue weighted by atomic mass is 16.3. The molecule has 4 rings (SSSR count). The Morgan fingerprint density at radius 2 is 2.09 bits per heavy atom. The fraction of sp³-hybridized carbons (Fsp3) is 0.353. The summed E-state index contributed by atoms with van der Waals surface area (Å²) in [5.74, 6) is 0.175. The van der Waals surface area contributed by atoms with Gasteiger partial charge in [0.25, 0.3) is 11.5 Å². The van der Waals surface area contributed by atoms with Gasteiger partial charge in [-0.15, -0.1) is 0 Å². The zero-order chi connectivity index (χ0) is 16.0. The molecule has 2 aliphatic carbocycles. The van der Waals surface area contributed by atoms with Crippen LogP contribution in [-0.2, 0) is 6.42 Å². The Kier molecular flexibility index (Phi) is 3.18. The standard InChI is InChI=1S/C17H16N2O4/c20-14-7-9(15-2-1-5-23-15)6-13-11(14)8-12(17(22)19-13)16(21)18-10-3-4-10/h1-2,5,8-10H,3-4,6-7H2,(H,18,21)(H,19,22). The van der Waals surface area contributed by atoms with Crippen LogP contribution in [-0.4, -0.2) is 22.7 Å². The zero-order valence-electron chi connectivity index (χ0n) is 12.4. The molecule has 0 aromatic carbocycles. The van der Waals surface area contributed by atoms with Gasteiger partial charge in [-0.3, -0.25) is 14.4 Å². The van der Waals surface area contributed by atoms with Crippen LogP contribution in [0.4, 0.5) is 0 Å². The third-order valence-corrected chi connectivity index (χ3v) is 4.41. The second-order valence-electron chi connectivity index (χ2n) is 6.20. The number of amides is 1. The number of pyridine rings is 1. The van der Waals surface area contributed by atoms with Crippen molar-refractivity contribution in [2.75, 3.05) is 0 Å². The summed E-state index contributed by atoms with van der Waals surface area (Å²) in [6, 6.07) is 5.21. The lowest BCUT2D eigenvalue weighted by molar-refractivity contribution is 0.0949. The van der Waals surface area contributed by atoms with Gasteiger partial charge in [-0.25, -0.2) is 0 Å². The number of aromatic nitrogens is 1. The Hall–Kier alpha value is -2.63. The highest BCUT2D eigenvalue weighted by Crippen LogP contribution is 2.31. The van der Waals surface area contributed by atoms with E-state index in [9.17, 15) is 14.4 Å². The Morgan fingerprint density at radius 3 is 2.78 bits per heavy atom. The quantitative estimate of drug-likeness (QED) is 0.903. The van der Waals surface area contributed by atoms with E-state index in [2.05, 4.69) is 10.3 Å². The van der Waals surface area contributed by atoms with Gasteiger partial charge in [0.15, 0.2) is 5.78 Å². The molecule has 0 spiro atoms. The minimum Gasteiger partial charge on any atom is -0.469 e. The van der Waals surface area contributed by atoms with Crippen LogP contribution in [0.2, 0.25) is 0 Å². The number of H-pyrrole nitrogens is 1. The van der Waals surface area contributed by atoms with E-state index < -0.39 is 11.5 Å². The molecule has 1 atom stereocenters. The second-order valence-corrected chi connectivity index (χ2v) is 6.20. The highest BCUT2D eigenvalue weighted by molar-refractivity contribution is 6.02. The van der Waals surface area contributed by atoms with Crippen LogP contribution in [0.15, 0.2) is 33.7 Å². The number of hydrogen-bond acceptors (Lipinski definition) is 4. The fourth-order valence-corrected chi connectivity index (χ4v) is 3.02. The summed E-state index contributed by atoms with van der Waals surface area (Å²) in [7, 11) is 0. The van der Waals surface area contributed by atoms with Gasteiger partial charge < -0.3 is 14.7 Å². The van der Waals surface area contributed by atoms with Gasteiger partial charge in [-0.2, -0.15) is 0 Å². The van der Waals surface area contributed by atoms with Gasteiger partial charge in [0.05, 0.1) is 6.26 Å². The third kappa shape index (κ3) is 2.60. The molecule has 1 amide bonds. The molecule has 1 fully saturated rings. The Labute approximate surface area is 131 Å². The molecule has 23 heavy (non-hydrogen) atoms. The molecule has 1 saturated carbocycles. The maximum absolute atomic E-state index is 12.4. The summed E-state index contributed by atoms with van der Waals surface area (Å²) in [6.07, 6.45) is 4.30. The van der Waals surface area contributed by atoms with Gasteiger partial charge in [0.2, 0.25) is 0 Å². The Morgan fingerprint density at radius 1 is 1.26 bits per heavy atom. The lowest BCUT2D eigenvalue weighted by Crippen LogP contribution is -2.33. The molecular weight excluding hydrogens is 296 g/mol. The van der Waals surface area contributed by atoms with Gasteiger partial charge in [-0.1, -0.05) is 0 Å². The van der Waals surface area contributed by atoms with E-state index in [4.69, 9.17) is 4.42 Å². The average molecular weight is 312 g/mol. The number of fused-ring (bicyclic) bond motifs is 1. The number of Topliss-reactive ketones (excluding diaryl/α,β-unsaturated/α-hetero) is 1. The van der Waals surface area contributed by atoms with Crippen LogP contribution >= 0.6 is 0 Å². The molecular formula is C17H16N2O4. The summed E-state index contributed by atoms with van der Waals surface area (Å²) in [5, 5.41) is 2.78. The van der Waals surface area contributed by atoms with Crippen molar-refractivity contribution in [1.29, 1.82) is 0 Å². The molecule has 118 valence electrons. The number of carbonyl (C=O) groups is 2. The summed E-state index contributed by atoms with van der Waals surface area (Å²) >= 11 is 0. The SMILES string of the molecule is O=C1CC(c2ccco2)Cc2[nH]c(=O)c(C(=O)NC3CC3)cc21. The summed E-state index contributed by atoms with van der Waals surface area (Å²) in [6.45, 7) is 0. The van der Waals surface area contributed by atoms with Crippen molar-refractivity contribution in [3.05, 3.63) is 57.4 Å². The zero-order valence-corrected chi connectivity index (χ0v) is 12.4. The molecule has 2 aliphatic rings. The van der Waals surface area contributed by atoms with Crippen molar-refractivity contribution in [1.82, 2.24) is 10.3 Å². The second kappa shape index (κ2) is 5.22. The van der Waals surface area contributed by atoms with Crippen LogP contribution in [0, 0.1) is 0 Å². The molecule has 2 aromatic heterocycles. The molecule has 0 radical (unpaired) electrons. The molecule has 0 aliphatic heterocycles. The van der Waals surface area contributed by atoms with E-state index in [1.807, 2.05) is 6.07 Å². The van der Waals surface area contributed by atoms with Crippen LogP contribution in [0.3, 0.4) is 0 Å². The summed E-state index contributed by atoms with van der Waals surface area (Å²) in [5.41, 5.74) is 0.583. The Bertz CT molecular complexity index is 831. The maximum Gasteiger partial charge on any atom is 0.261 e. The van der Waals surface area contributed by atoms with Gasteiger partial charge in [-0.05, 0) is 37.5 Å². The van der Waals surface area contributed by atoms with E-state index >= 15 is 0 Å². The van der Waals surface area contributed by atoms with Gasteiger partial charge in [0, 0.05) is 29.6 Å². The molecule has 0 saturated heterocycles. The van der Waals surface area contributed by atoms with Crippen molar-refractivity contribution in [3.63, 3.8) is 0 Å². The minimum absolute atomic E-state index is 0.0143. The van der Waals surface area contributed by atoms with E-state index in [0.29, 0.717) is 24.1 Å². The first-order valence-corrected chi connectivity index (χ1v) is 7.75. The topological polar surface area (TPSA) is 92.2 Å². The van der Waals surface area contributed by atoms with Crippen LogP contribution in [0.5, 0.6) is 0 Å². The van der Waals surface area contributed by atoms with Gasteiger partial charge in [0.1, 0.15) is 11.3 Å². The lowest BCUT2D eigenvalue weighted by atomic mass is 9.84. The van der Waals surface area contributed by atoms with Crippen molar-refractivity contribution in [3.8, 4) is 0 Å². The molecule has 6 heteroatoms. The number of rotatable bonds is 3. The molecule has 2 heterocycles. The van der Waals surface area contributed by atoms with Crippen LogP contribution in [0.25, 0.3) is 0 Å². The smallest absolute Gasteiger partial charge is 0.261 e. The van der Waals surface area contributed by atoms with Crippen molar-refractivity contribution in [2.45, 2.75) is 37.6 Å². The summed E-state index contributed by atoms with van der Waals surface area (Å²) in [4.78, 5) is 39.4. The number of aromatic amines is 1. The molecule has 2 aromatic rings. The molecule has 1 unspecified atom stereocenters. The number of carbonyl (C=O) groups excluding carboxylic acids is 2. The number of hydrogen-bond donors (Lipinski definition) is 2. The van der Waals surface area contributed by atoms with Crippen LogP contribution < -0.4 is 10.9 Å². The van der Waals surface area contributed by atoms with E-state index in [0.717, 1.165) is 18.6 Å². The number of furan rings is 1. The largest absolute Gasteiger partial charge is 0.469 e. The first-order valence-electron chi connectivity index (χ1n) is 7.75. The lowest BCUT2D eigenvalue weighted by Gasteiger charge is -2.22. The molecule has 0 bridgehead atoms. The van der Waals surface area contributed by atoms with Gasteiger partial charge >= 0.3 is 0 Å². The Balaban J connectivity index is 1.67. The monoisotopic (exact) mass is 312 g/mol. The maximum atomic E-state index is 12.4. The number of ketones is 1. The number of nitrogens with one attached hydrogen (secondary N) is 2. The van der Waals surface area contributed by atoms with Crippen molar-refractivity contribution >= 4 is 11.7 Å². The highest BCUT2D eigenvalue weighted by Gasteiger charge is 2.31. The molecule has 2 N–H and O–H groups in total. The van der Waals surface area contributed by atoms with Crippen molar-refractivity contribution < 1.29 is 14.0 Å². The van der Waals surface area contributed by atoms with Crippen LogP contribution in [0.1, 0.15) is 57.4 Å².